The van der Waals surface area contributed by atoms with Crippen molar-refractivity contribution in [3.8, 4) is 6.07 Å². The molecule has 8 nitrogen and oxygen atoms in total. The largest absolute Gasteiger partial charge is 0.382 e. The second kappa shape index (κ2) is 32.2. The van der Waals surface area contributed by atoms with Crippen molar-refractivity contribution in [3.63, 3.8) is 0 Å². The highest BCUT2D eigenvalue weighted by Gasteiger charge is 2.59. The van der Waals surface area contributed by atoms with Gasteiger partial charge in [-0.05, 0) is 153 Å². The van der Waals surface area contributed by atoms with E-state index in [9.17, 15) is 4.79 Å². The molecule has 5 rings (SSSR count). The molecule has 4 aliphatic carbocycles. The van der Waals surface area contributed by atoms with Crippen LogP contribution in [0.15, 0.2) is 41.6 Å². The minimum absolute atomic E-state index is 0.123. The van der Waals surface area contributed by atoms with E-state index in [1.807, 2.05) is 12.1 Å². The monoisotopic (exact) mass is 1000 g/mol. The molecule has 0 amide bonds. The summed E-state index contributed by atoms with van der Waals surface area (Å²) in [4.78, 5) is 19.3. The van der Waals surface area contributed by atoms with E-state index in [2.05, 4.69) is 87.5 Å². The lowest BCUT2D eigenvalue weighted by Gasteiger charge is -2.58. The molecular weight excluding hydrogens is 901 g/mol. The first-order chi connectivity index (χ1) is 34.0. The van der Waals surface area contributed by atoms with Crippen LogP contribution in [-0.4, -0.2) is 57.5 Å². The van der Waals surface area contributed by atoms with Crippen LogP contribution in [0, 0.1) is 86.0 Å². The van der Waals surface area contributed by atoms with Crippen LogP contribution < -0.4 is 4.84 Å². The Balaban J connectivity index is 0.000000420. The maximum Gasteiger partial charge on any atom is 0.336 e. The number of rotatable bonds is 31. The molecular formula is C62H104N2O6S. The van der Waals surface area contributed by atoms with Gasteiger partial charge in [0.2, 0.25) is 0 Å². The highest BCUT2D eigenvalue weighted by Crippen LogP contribution is 2.67. The Morgan fingerprint density at radius 3 is 2.06 bits per heavy atom. The summed E-state index contributed by atoms with van der Waals surface area (Å²) in [6, 6.07) is 5.91. The second-order valence-electron chi connectivity index (χ2n) is 24.4. The zero-order chi connectivity index (χ0) is 51.8. The number of allylic oxidation sites excluding steroid dienone is 4. The number of aromatic nitrogens is 1. The molecule has 3 unspecified atom stereocenters. The van der Waals surface area contributed by atoms with Crippen molar-refractivity contribution in [2.24, 2.45) is 70.0 Å². The molecule has 404 valence electrons. The van der Waals surface area contributed by atoms with Gasteiger partial charge < -0.3 is 23.8 Å². The van der Waals surface area contributed by atoms with Gasteiger partial charge in [0.05, 0.1) is 64.7 Å². The van der Waals surface area contributed by atoms with E-state index in [1.165, 1.54) is 119 Å². The zero-order valence-corrected chi connectivity index (χ0v) is 48.0. The summed E-state index contributed by atoms with van der Waals surface area (Å²) < 4.78 is 23.5. The normalized spacial score (nSPS) is 26.3. The number of hydrogen-bond acceptors (Lipinski definition) is 8. The number of carbonyl (C=O) groups excluding carboxylic acids is 1. The first kappa shape index (κ1) is 61.2. The lowest BCUT2D eigenvalue weighted by molar-refractivity contribution is -0.151. The Hall–Kier alpha value is -2.35. The number of ether oxygens (including phenoxy) is 4. The van der Waals surface area contributed by atoms with Gasteiger partial charge in [-0.1, -0.05) is 162 Å². The van der Waals surface area contributed by atoms with Gasteiger partial charge in [0.25, 0.3) is 0 Å². The predicted molar refractivity (Wildman–Crippen MR) is 295 cm³/mol. The number of pyridine rings is 1. The van der Waals surface area contributed by atoms with Gasteiger partial charge in [-0.25, -0.2) is 4.79 Å². The lowest BCUT2D eigenvalue weighted by atomic mass is 9.46. The van der Waals surface area contributed by atoms with Gasteiger partial charge >= 0.3 is 5.97 Å². The summed E-state index contributed by atoms with van der Waals surface area (Å²) in [5.74, 6) is 7.24. The quantitative estimate of drug-likeness (QED) is 0.0413. The SMILES string of the molecule is C/C(=C\CC#N)CCCC(C)CCCC(C)CCCC(C)C.COCCOCCOCCOCc1ccn(OC(=O)C2CC[C@@]3(C)C(=CC[C@H]4[C@@H]5CC[C@H]([C@H](C)CCCC(C)C)[C@@]5(C)CC[C@@H]43)C2)c(=S)c1. The number of methoxy groups -OCH3 is 1. The average Bonchev–Trinajstić information content (AvgIpc) is 3.69. The van der Waals surface area contributed by atoms with Crippen molar-refractivity contribution >= 4 is 18.2 Å². The van der Waals surface area contributed by atoms with Crippen LogP contribution in [0.1, 0.15) is 210 Å². The molecule has 0 N–H and O–H groups in total. The molecule has 10 atom stereocenters. The molecule has 0 aliphatic heterocycles. The summed E-state index contributed by atoms with van der Waals surface area (Å²) in [6.07, 6.45) is 32.8. The highest BCUT2D eigenvalue weighted by molar-refractivity contribution is 7.71. The van der Waals surface area contributed by atoms with Crippen LogP contribution in [0.25, 0.3) is 0 Å². The van der Waals surface area contributed by atoms with Crippen molar-refractivity contribution in [1.29, 1.82) is 5.26 Å². The minimum Gasteiger partial charge on any atom is -0.382 e. The van der Waals surface area contributed by atoms with Crippen molar-refractivity contribution in [2.45, 2.75) is 211 Å². The Morgan fingerprint density at radius 2 is 1.42 bits per heavy atom. The first-order valence-corrected chi connectivity index (χ1v) is 29.3. The molecule has 0 aromatic carbocycles. The second-order valence-corrected chi connectivity index (χ2v) is 24.8. The van der Waals surface area contributed by atoms with Crippen molar-refractivity contribution < 1.29 is 28.6 Å². The summed E-state index contributed by atoms with van der Waals surface area (Å²) in [7, 11) is 1.65. The zero-order valence-electron chi connectivity index (χ0n) is 47.2. The fourth-order valence-electron chi connectivity index (χ4n) is 13.5. The summed E-state index contributed by atoms with van der Waals surface area (Å²) >= 11 is 5.59. The fourth-order valence-corrected chi connectivity index (χ4v) is 13.8. The molecule has 0 saturated heterocycles. The molecule has 71 heavy (non-hydrogen) atoms. The third-order valence-corrected chi connectivity index (χ3v) is 18.2. The summed E-state index contributed by atoms with van der Waals surface area (Å²) in [5, 5.41) is 8.56. The number of nitrogens with zero attached hydrogens (tertiary/aromatic N) is 2. The molecule has 0 bridgehead atoms. The highest BCUT2D eigenvalue weighted by atomic mass is 32.1. The van der Waals surface area contributed by atoms with E-state index in [1.54, 1.807) is 13.3 Å². The first-order valence-electron chi connectivity index (χ1n) is 28.9. The number of hydrogen-bond donors (Lipinski definition) is 0. The minimum atomic E-state index is -0.171. The molecule has 3 saturated carbocycles. The fraction of sp³-hybridized carbons (Fsp3) is 0.823. The van der Waals surface area contributed by atoms with E-state index >= 15 is 0 Å². The van der Waals surface area contributed by atoms with Gasteiger partial charge in [0, 0.05) is 13.3 Å². The van der Waals surface area contributed by atoms with Crippen molar-refractivity contribution in [3.05, 3.63) is 51.8 Å². The molecule has 0 radical (unpaired) electrons. The molecule has 0 spiro atoms. The number of fused-ring (bicyclic) bond motifs is 5. The van der Waals surface area contributed by atoms with Crippen LogP contribution in [0.4, 0.5) is 0 Å². The van der Waals surface area contributed by atoms with E-state index in [0.717, 1.165) is 84.5 Å². The Labute approximate surface area is 440 Å². The molecule has 1 aromatic heterocycles. The maximum atomic E-state index is 13.5. The summed E-state index contributed by atoms with van der Waals surface area (Å²) in [5.41, 5.74) is 4.54. The van der Waals surface area contributed by atoms with Gasteiger partial charge in [-0.3, -0.25) is 0 Å². The maximum absolute atomic E-state index is 13.5. The Morgan fingerprint density at radius 1 is 0.803 bits per heavy atom. The van der Waals surface area contributed by atoms with Gasteiger partial charge in [-0.2, -0.15) is 9.99 Å². The molecule has 1 heterocycles. The lowest BCUT2D eigenvalue weighted by Crippen LogP contribution is -2.51. The number of nitriles is 1. The van der Waals surface area contributed by atoms with Crippen molar-refractivity contribution in [1.82, 2.24) is 4.73 Å². The van der Waals surface area contributed by atoms with Crippen LogP contribution >= 0.6 is 12.2 Å². The van der Waals surface area contributed by atoms with E-state index in [4.69, 9.17) is 41.3 Å². The Bertz CT molecular complexity index is 1850. The van der Waals surface area contributed by atoms with Crippen LogP contribution in [0.3, 0.4) is 0 Å². The molecule has 9 heteroatoms. The predicted octanol–water partition coefficient (Wildman–Crippen LogP) is 16.3. The van der Waals surface area contributed by atoms with E-state index < -0.39 is 0 Å². The topological polar surface area (TPSA) is 91.9 Å². The molecule has 4 aliphatic rings. The van der Waals surface area contributed by atoms with E-state index in [-0.39, 0.29) is 17.3 Å². The van der Waals surface area contributed by atoms with E-state index in [0.29, 0.717) is 62.7 Å². The molecule has 3 fully saturated rings. The Kier molecular flexibility index (Phi) is 27.7. The van der Waals surface area contributed by atoms with Crippen molar-refractivity contribution in [2.75, 3.05) is 46.8 Å². The van der Waals surface area contributed by atoms with Gasteiger partial charge in [0.1, 0.15) is 4.64 Å². The molecule has 1 aromatic rings. The van der Waals surface area contributed by atoms with Gasteiger partial charge in [0.15, 0.2) is 0 Å². The number of carbonyl (C=O) groups is 1. The van der Waals surface area contributed by atoms with Gasteiger partial charge in [-0.15, -0.1) is 0 Å². The standard InChI is InChI=1S/C41H65NO6S.C21H39N/c1-29(2)8-7-9-30(3)35-12-13-36-34-11-10-33-27-32(14-17-40(33,4)37(34)15-18-41(35,36)5)39(43)48-42-19-16-31(26-38(42)49)28-47-25-24-46-23-22-45-21-20-44-6;1-18(2)10-6-11-19(3)12-7-13-20(4)14-8-15-21(5)16-9-17-22/h10,16,19,26,29-30,32,34-37H,7-9,11-15,17-18,20-25,27-28H2,1-6H3;16,18-20H,6-15H2,1-5H3/b;21-16+/t30-,32?,34+,35-,36+,37+,40+,41-;/m1./s1. The smallest absolute Gasteiger partial charge is 0.336 e. The van der Waals surface area contributed by atoms with Crippen LogP contribution in [0.2, 0.25) is 0 Å². The summed E-state index contributed by atoms with van der Waals surface area (Å²) in [6.45, 7) is 27.7. The van der Waals surface area contributed by atoms with Crippen LogP contribution in [0.5, 0.6) is 0 Å². The average molecular weight is 1010 g/mol. The van der Waals surface area contributed by atoms with Crippen LogP contribution in [-0.2, 0) is 30.3 Å². The third kappa shape index (κ3) is 20.0. The third-order valence-electron chi connectivity index (χ3n) is 17.9.